The van der Waals surface area contributed by atoms with Crippen molar-refractivity contribution in [3.05, 3.63) is 29.8 Å². The van der Waals surface area contributed by atoms with E-state index in [9.17, 15) is 4.79 Å². The number of carbonyl (C=O) groups excluding carboxylic acids is 1. The second-order valence-electron chi connectivity index (χ2n) is 4.81. The van der Waals surface area contributed by atoms with Crippen LogP contribution in [0.5, 0.6) is 0 Å². The Morgan fingerprint density at radius 2 is 2.21 bits per heavy atom. The molecule has 5 heteroatoms. The van der Waals surface area contributed by atoms with E-state index in [2.05, 4.69) is 6.92 Å². The second kappa shape index (κ2) is 6.78. The zero-order valence-corrected chi connectivity index (χ0v) is 12.2. The number of nitrogens with zero attached hydrogens (tertiary/aromatic N) is 1. The first-order valence-electron chi connectivity index (χ1n) is 6.40. The predicted molar refractivity (Wildman–Crippen MR) is 78.6 cm³/mol. The van der Waals surface area contributed by atoms with E-state index in [0.717, 1.165) is 6.42 Å². The minimum absolute atomic E-state index is 0. The fourth-order valence-electron chi connectivity index (χ4n) is 2.29. The van der Waals surface area contributed by atoms with Crippen LogP contribution in [-0.4, -0.2) is 36.1 Å². The summed E-state index contributed by atoms with van der Waals surface area (Å²) >= 11 is 0. The highest BCUT2D eigenvalue weighted by Crippen LogP contribution is 2.17. The molecular weight excluding hydrogens is 264 g/mol. The van der Waals surface area contributed by atoms with E-state index in [1.807, 2.05) is 17.9 Å². The molecule has 1 heterocycles. The van der Waals surface area contributed by atoms with Gasteiger partial charge in [-0.2, -0.15) is 0 Å². The molecule has 1 amide bonds. The molecule has 2 unspecified atom stereocenters. The van der Waals surface area contributed by atoms with Crippen LogP contribution in [0.3, 0.4) is 0 Å². The molecule has 0 saturated carbocycles. The fraction of sp³-hybridized carbons (Fsp3) is 0.500. The Morgan fingerprint density at radius 3 is 2.84 bits per heavy atom. The van der Waals surface area contributed by atoms with Crippen molar-refractivity contribution in [3.8, 4) is 0 Å². The van der Waals surface area contributed by atoms with Crippen LogP contribution in [0, 0.1) is 0 Å². The molecule has 2 N–H and O–H groups in total. The van der Waals surface area contributed by atoms with Gasteiger partial charge < -0.3 is 15.4 Å². The lowest BCUT2D eigenvalue weighted by molar-refractivity contribution is -0.0681. The molecule has 106 valence electrons. The summed E-state index contributed by atoms with van der Waals surface area (Å²) in [7, 11) is 0. The van der Waals surface area contributed by atoms with E-state index >= 15 is 0 Å². The third kappa shape index (κ3) is 3.85. The van der Waals surface area contributed by atoms with Crippen LogP contribution < -0.4 is 5.73 Å². The molecular formula is C14H21ClN2O2. The van der Waals surface area contributed by atoms with Gasteiger partial charge in [0.25, 0.3) is 5.91 Å². The molecule has 0 aliphatic carbocycles. The van der Waals surface area contributed by atoms with E-state index in [1.165, 1.54) is 0 Å². The number of halogens is 1. The summed E-state index contributed by atoms with van der Waals surface area (Å²) in [5, 5.41) is 0. The third-order valence-corrected chi connectivity index (χ3v) is 3.20. The quantitative estimate of drug-likeness (QED) is 0.848. The number of ether oxygens (including phenoxy) is 1. The van der Waals surface area contributed by atoms with E-state index in [0.29, 0.717) is 24.3 Å². The fourth-order valence-corrected chi connectivity index (χ4v) is 2.29. The van der Waals surface area contributed by atoms with Gasteiger partial charge in [0.2, 0.25) is 0 Å². The Labute approximate surface area is 120 Å². The number of nitrogens with two attached hydrogens (primary N) is 1. The molecule has 1 aromatic rings. The standard InChI is InChI=1S/C14H20N2O2.ClH/c1-3-13-9-16(8-10(2)18-13)14(17)11-5-4-6-12(15)7-11;/h4-7,10,13H,3,8-9,15H2,1-2H3;1H. The topological polar surface area (TPSA) is 55.6 Å². The summed E-state index contributed by atoms with van der Waals surface area (Å²) in [6.07, 6.45) is 1.15. The zero-order valence-electron chi connectivity index (χ0n) is 11.3. The molecule has 0 aromatic heterocycles. The lowest BCUT2D eigenvalue weighted by atomic mass is 10.1. The number of anilines is 1. The van der Waals surface area contributed by atoms with E-state index in [1.54, 1.807) is 18.2 Å². The van der Waals surface area contributed by atoms with Crippen LogP contribution in [0.1, 0.15) is 30.6 Å². The largest absolute Gasteiger partial charge is 0.399 e. The van der Waals surface area contributed by atoms with Crippen LogP contribution in [0.15, 0.2) is 24.3 Å². The van der Waals surface area contributed by atoms with Crippen molar-refractivity contribution in [1.29, 1.82) is 0 Å². The zero-order chi connectivity index (χ0) is 13.1. The number of morpholine rings is 1. The van der Waals surface area contributed by atoms with Gasteiger partial charge in [-0.3, -0.25) is 4.79 Å². The van der Waals surface area contributed by atoms with Gasteiger partial charge >= 0.3 is 0 Å². The maximum Gasteiger partial charge on any atom is 0.254 e. The van der Waals surface area contributed by atoms with Gasteiger partial charge in [0.15, 0.2) is 0 Å². The maximum atomic E-state index is 12.4. The first-order valence-corrected chi connectivity index (χ1v) is 6.40. The van der Waals surface area contributed by atoms with E-state index in [4.69, 9.17) is 10.5 Å². The summed E-state index contributed by atoms with van der Waals surface area (Å²) in [5.74, 6) is 0.0379. The number of rotatable bonds is 2. The molecule has 0 bridgehead atoms. The highest BCUT2D eigenvalue weighted by molar-refractivity contribution is 5.95. The number of benzene rings is 1. The summed E-state index contributed by atoms with van der Waals surface area (Å²) in [4.78, 5) is 14.2. The van der Waals surface area contributed by atoms with Crippen LogP contribution in [-0.2, 0) is 4.74 Å². The van der Waals surface area contributed by atoms with Crippen LogP contribution in [0.25, 0.3) is 0 Å². The van der Waals surface area contributed by atoms with Gasteiger partial charge in [-0.15, -0.1) is 12.4 Å². The molecule has 4 nitrogen and oxygen atoms in total. The highest BCUT2D eigenvalue weighted by atomic mass is 35.5. The van der Waals surface area contributed by atoms with Gasteiger partial charge in [0.1, 0.15) is 0 Å². The third-order valence-electron chi connectivity index (χ3n) is 3.20. The molecule has 2 rings (SSSR count). The van der Waals surface area contributed by atoms with Gasteiger partial charge in [-0.1, -0.05) is 13.0 Å². The Kier molecular flexibility index (Phi) is 5.63. The minimum Gasteiger partial charge on any atom is -0.399 e. The SMILES string of the molecule is CCC1CN(C(=O)c2cccc(N)c2)CC(C)O1.Cl. The number of hydrogen-bond acceptors (Lipinski definition) is 3. The van der Waals surface area contributed by atoms with Crippen LogP contribution in [0.4, 0.5) is 5.69 Å². The normalized spacial score (nSPS) is 22.7. The van der Waals surface area contributed by atoms with Gasteiger partial charge in [0.05, 0.1) is 12.2 Å². The molecule has 1 fully saturated rings. The lowest BCUT2D eigenvalue weighted by Crippen LogP contribution is -2.49. The van der Waals surface area contributed by atoms with E-state index in [-0.39, 0.29) is 30.5 Å². The molecule has 0 spiro atoms. The van der Waals surface area contributed by atoms with Crippen molar-refractivity contribution >= 4 is 24.0 Å². The number of carbonyl (C=O) groups is 1. The average molecular weight is 285 g/mol. The molecule has 2 atom stereocenters. The summed E-state index contributed by atoms with van der Waals surface area (Å²) in [5.41, 5.74) is 6.98. The average Bonchev–Trinajstić information content (AvgIpc) is 2.37. The van der Waals surface area contributed by atoms with Crippen LogP contribution >= 0.6 is 12.4 Å². The second-order valence-corrected chi connectivity index (χ2v) is 4.81. The molecule has 1 aliphatic heterocycles. The minimum atomic E-state index is 0. The number of nitrogen functional groups attached to an aromatic ring is 1. The van der Waals surface area contributed by atoms with E-state index < -0.39 is 0 Å². The number of amides is 1. The highest BCUT2D eigenvalue weighted by Gasteiger charge is 2.27. The van der Waals surface area contributed by atoms with Crippen molar-refractivity contribution < 1.29 is 9.53 Å². The number of hydrogen-bond donors (Lipinski definition) is 1. The van der Waals surface area contributed by atoms with Crippen molar-refractivity contribution in [2.45, 2.75) is 32.5 Å². The molecule has 1 aliphatic rings. The summed E-state index contributed by atoms with van der Waals surface area (Å²) in [6.45, 7) is 5.38. The lowest BCUT2D eigenvalue weighted by Gasteiger charge is -2.36. The molecule has 19 heavy (non-hydrogen) atoms. The monoisotopic (exact) mass is 284 g/mol. The van der Waals surface area contributed by atoms with Crippen molar-refractivity contribution in [2.24, 2.45) is 0 Å². The first-order chi connectivity index (χ1) is 8.60. The smallest absolute Gasteiger partial charge is 0.254 e. The van der Waals surface area contributed by atoms with Gasteiger partial charge in [0, 0.05) is 24.3 Å². The molecule has 1 saturated heterocycles. The predicted octanol–water partition coefficient (Wildman–Crippen LogP) is 2.33. The summed E-state index contributed by atoms with van der Waals surface area (Å²) < 4.78 is 5.76. The van der Waals surface area contributed by atoms with Crippen molar-refractivity contribution in [3.63, 3.8) is 0 Å². The van der Waals surface area contributed by atoms with Crippen molar-refractivity contribution in [1.82, 2.24) is 4.90 Å². The molecule has 1 aromatic carbocycles. The first kappa shape index (κ1) is 15.8. The Bertz CT molecular complexity index is 439. The summed E-state index contributed by atoms with van der Waals surface area (Å²) in [6, 6.07) is 7.13. The Hall–Kier alpha value is -1.26. The van der Waals surface area contributed by atoms with Crippen LogP contribution in [0.2, 0.25) is 0 Å². The molecule has 0 radical (unpaired) electrons. The Morgan fingerprint density at radius 1 is 1.47 bits per heavy atom. The maximum absolute atomic E-state index is 12.4. The van der Waals surface area contributed by atoms with Gasteiger partial charge in [-0.05, 0) is 31.5 Å². The van der Waals surface area contributed by atoms with Crippen molar-refractivity contribution in [2.75, 3.05) is 18.8 Å². The van der Waals surface area contributed by atoms with Gasteiger partial charge in [-0.25, -0.2) is 0 Å². The Balaban J connectivity index is 0.00000180.